The van der Waals surface area contributed by atoms with Crippen molar-refractivity contribution in [1.82, 2.24) is 0 Å². The fourth-order valence-electron chi connectivity index (χ4n) is 5.67. The topological polar surface area (TPSA) is 42.7 Å². The molecule has 0 aliphatic carbocycles. The average molecular weight is 636 g/mol. The lowest BCUT2D eigenvalue weighted by Gasteiger charge is -2.32. The van der Waals surface area contributed by atoms with Crippen molar-refractivity contribution >= 4 is 36.3 Å². The summed E-state index contributed by atoms with van der Waals surface area (Å²) in [7, 11) is -3.03. The maximum Gasteiger partial charge on any atom is 0.330 e. The van der Waals surface area contributed by atoms with Gasteiger partial charge in [-0.15, -0.1) is 0 Å². The molecule has 0 spiro atoms. The van der Waals surface area contributed by atoms with Crippen LogP contribution < -0.4 is 26.4 Å². The zero-order valence-corrected chi connectivity index (χ0v) is 26.5. The van der Waals surface area contributed by atoms with Crippen LogP contribution in [-0.4, -0.2) is 25.9 Å². The second-order valence-corrected chi connectivity index (χ2v) is 12.4. The Balaban J connectivity index is 0.00000387. The quantitative estimate of drug-likeness (QED) is 0.164. The molecule has 5 nitrogen and oxygen atoms in total. The van der Waals surface area contributed by atoms with E-state index in [-0.39, 0.29) is 17.0 Å². The van der Waals surface area contributed by atoms with Crippen molar-refractivity contribution in [3.05, 3.63) is 107 Å². The lowest BCUT2D eigenvalue weighted by Crippen LogP contribution is -3.00. The van der Waals surface area contributed by atoms with Crippen LogP contribution in [0.5, 0.6) is 0 Å². The van der Waals surface area contributed by atoms with Gasteiger partial charge in [0.25, 0.3) is 0 Å². The van der Waals surface area contributed by atoms with E-state index >= 15 is 0 Å². The van der Waals surface area contributed by atoms with E-state index < -0.39 is 7.60 Å². The number of fused-ring (bicyclic) bond motifs is 2. The smallest absolute Gasteiger partial charge is 0.330 e. The van der Waals surface area contributed by atoms with Crippen LogP contribution in [0.3, 0.4) is 0 Å². The van der Waals surface area contributed by atoms with Gasteiger partial charge in [0.1, 0.15) is 6.54 Å². The molecule has 41 heavy (non-hydrogen) atoms. The molecule has 2 heterocycles. The molecule has 0 radical (unpaired) electrons. The van der Waals surface area contributed by atoms with Gasteiger partial charge in [0.15, 0.2) is 6.20 Å². The monoisotopic (exact) mass is 634 g/mol. The van der Waals surface area contributed by atoms with E-state index in [0.717, 1.165) is 38.0 Å². The summed E-state index contributed by atoms with van der Waals surface area (Å²) in [6.07, 6.45) is 10.1. The Morgan fingerprint density at radius 1 is 0.878 bits per heavy atom. The summed E-state index contributed by atoms with van der Waals surface area (Å²) in [6.45, 7) is 7.27. The van der Waals surface area contributed by atoms with Gasteiger partial charge in [0.05, 0.1) is 24.8 Å². The van der Waals surface area contributed by atoms with Crippen molar-refractivity contribution in [2.75, 3.05) is 30.8 Å². The Labute approximate surface area is 255 Å². The maximum atomic E-state index is 12.9. The summed E-state index contributed by atoms with van der Waals surface area (Å²) in [5, 5.41) is 1.20. The van der Waals surface area contributed by atoms with Crippen molar-refractivity contribution in [1.29, 1.82) is 0 Å². The van der Waals surface area contributed by atoms with E-state index in [4.69, 9.17) is 9.05 Å². The Bertz CT molecular complexity index is 1500. The van der Waals surface area contributed by atoms with Gasteiger partial charge in [0, 0.05) is 37.3 Å². The lowest BCUT2D eigenvalue weighted by molar-refractivity contribution is -0.671. The molecule has 0 saturated carbocycles. The number of halogens is 1. The van der Waals surface area contributed by atoms with E-state index in [1.54, 1.807) is 0 Å². The van der Waals surface area contributed by atoms with E-state index in [2.05, 4.69) is 107 Å². The van der Waals surface area contributed by atoms with Crippen LogP contribution in [0.2, 0.25) is 0 Å². The standard InChI is InChI=1S/C34H40N2O3P.BrH/c1-3-38-40(37,39-4-2)26-12-24-35-25-22-30(31-16-8-9-18-33(31)35)21-20-29-15-10-19-34-32(29)17-11-23-36(34)27-28-13-6-5-7-14-28;/h5-10,13-16,18-22,25H,3-4,11-12,17,23-24,26-27H2,1-2H3;1H/q+1;/p-1/b21-20+;. The molecule has 0 amide bonds. The lowest BCUT2D eigenvalue weighted by atomic mass is 9.95. The molecule has 1 aliphatic rings. The van der Waals surface area contributed by atoms with Gasteiger partial charge >= 0.3 is 7.60 Å². The van der Waals surface area contributed by atoms with Crippen molar-refractivity contribution in [2.45, 2.75) is 46.2 Å². The number of hydrogen-bond acceptors (Lipinski definition) is 4. The van der Waals surface area contributed by atoms with Gasteiger partial charge < -0.3 is 30.9 Å². The molecule has 0 saturated heterocycles. The number of nitrogens with zero attached hydrogens (tertiary/aromatic N) is 2. The highest BCUT2D eigenvalue weighted by Crippen LogP contribution is 2.48. The number of hydrogen-bond donors (Lipinski definition) is 0. The first-order valence-corrected chi connectivity index (χ1v) is 16.2. The molecule has 3 aromatic carbocycles. The van der Waals surface area contributed by atoms with Gasteiger partial charge in [-0.1, -0.05) is 66.7 Å². The first kappa shape index (κ1) is 31.2. The molecule has 216 valence electrons. The molecule has 4 aromatic rings. The predicted octanol–water partition coefficient (Wildman–Crippen LogP) is 4.91. The molecule has 0 N–H and O–H groups in total. The summed E-state index contributed by atoms with van der Waals surface area (Å²) >= 11 is 0. The summed E-state index contributed by atoms with van der Waals surface area (Å²) in [4.78, 5) is 2.52. The van der Waals surface area contributed by atoms with Crippen molar-refractivity contribution in [3.8, 4) is 0 Å². The zero-order valence-electron chi connectivity index (χ0n) is 24.0. The molecular formula is C34H40BrN2O3P. The van der Waals surface area contributed by atoms with Crippen molar-refractivity contribution in [2.24, 2.45) is 0 Å². The third-order valence-electron chi connectivity index (χ3n) is 7.48. The van der Waals surface area contributed by atoms with Gasteiger partial charge in [0.2, 0.25) is 5.52 Å². The van der Waals surface area contributed by atoms with Crippen LogP contribution in [0.25, 0.3) is 23.1 Å². The Morgan fingerprint density at radius 3 is 2.39 bits per heavy atom. The predicted molar refractivity (Wildman–Crippen MR) is 166 cm³/mol. The molecule has 1 aromatic heterocycles. The molecule has 0 atom stereocenters. The van der Waals surface area contributed by atoms with E-state index in [1.165, 1.54) is 39.7 Å². The van der Waals surface area contributed by atoms with Gasteiger partial charge in [-0.05, 0) is 61.1 Å². The number of benzene rings is 3. The van der Waals surface area contributed by atoms with Crippen molar-refractivity contribution in [3.63, 3.8) is 0 Å². The molecular weight excluding hydrogens is 595 g/mol. The highest BCUT2D eigenvalue weighted by molar-refractivity contribution is 7.53. The number of pyridine rings is 1. The Hall–Kier alpha value is -2.76. The number of rotatable bonds is 12. The normalized spacial score (nSPS) is 13.4. The first-order chi connectivity index (χ1) is 19.6. The number of para-hydroxylation sites is 1. The summed E-state index contributed by atoms with van der Waals surface area (Å²) < 4.78 is 26.1. The number of aromatic nitrogens is 1. The molecule has 0 unspecified atom stereocenters. The minimum Gasteiger partial charge on any atom is -1.00 e. The molecule has 0 bridgehead atoms. The summed E-state index contributed by atoms with van der Waals surface area (Å²) in [5.74, 6) is 0. The maximum absolute atomic E-state index is 12.9. The molecule has 5 rings (SSSR count). The SMILES string of the molecule is CCOP(=O)(CCC[n+]1ccc(/C=C/c2cccc3c2CCCN3Cc2ccccc2)c2ccccc21)OCC.[Br-]. The first-order valence-electron chi connectivity index (χ1n) is 14.5. The summed E-state index contributed by atoms with van der Waals surface area (Å²) in [6, 6.07) is 28.1. The average Bonchev–Trinajstić information content (AvgIpc) is 2.97. The minimum absolute atomic E-state index is 0. The second kappa shape index (κ2) is 14.9. The fourth-order valence-corrected chi connectivity index (χ4v) is 7.32. The number of anilines is 1. The minimum atomic E-state index is -3.03. The molecule has 0 fully saturated rings. The Morgan fingerprint density at radius 2 is 1.61 bits per heavy atom. The van der Waals surface area contributed by atoms with Crippen molar-refractivity contribution < 1.29 is 35.2 Å². The van der Waals surface area contributed by atoms with Gasteiger partial charge in [-0.25, -0.2) is 0 Å². The highest BCUT2D eigenvalue weighted by Gasteiger charge is 2.24. The van der Waals surface area contributed by atoms with Crippen LogP contribution in [0, 0.1) is 0 Å². The molecule has 1 aliphatic heterocycles. The fraction of sp³-hybridized carbons (Fsp3) is 0.324. The van der Waals surface area contributed by atoms with Crippen LogP contribution in [0.15, 0.2) is 85.1 Å². The largest absolute Gasteiger partial charge is 1.00 e. The second-order valence-electron chi connectivity index (χ2n) is 10.2. The summed E-state index contributed by atoms with van der Waals surface area (Å²) in [5.41, 5.74) is 7.78. The van der Waals surface area contributed by atoms with E-state index in [0.29, 0.717) is 19.4 Å². The van der Waals surface area contributed by atoms with Gasteiger partial charge in [-0.2, -0.15) is 4.57 Å². The van der Waals surface area contributed by atoms with Crippen LogP contribution >= 0.6 is 7.60 Å². The highest BCUT2D eigenvalue weighted by atomic mass is 79.9. The van der Waals surface area contributed by atoms with E-state index in [9.17, 15) is 4.57 Å². The van der Waals surface area contributed by atoms with Crippen LogP contribution in [0.4, 0.5) is 5.69 Å². The van der Waals surface area contributed by atoms with E-state index in [1.807, 2.05) is 13.8 Å². The molecule has 7 heteroatoms. The van der Waals surface area contributed by atoms with Crippen LogP contribution in [0.1, 0.15) is 48.9 Å². The zero-order chi connectivity index (χ0) is 27.8. The third kappa shape index (κ3) is 7.75. The third-order valence-corrected chi connectivity index (χ3v) is 9.65. The Kier molecular flexibility index (Phi) is 11.4. The number of aryl methyl sites for hydroxylation is 1. The van der Waals surface area contributed by atoms with Crippen LogP contribution in [-0.2, 0) is 33.1 Å². The van der Waals surface area contributed by atoms with Gasteiger partial charge in [-0.3, -0.25) is 4.57 Å².